The minimum atomic E-state index is -4.51. The van der Waals surface area contributed by atoms with Crippen LogP contribution >= 0.6 is 0 Å². The Balaban J connectivity index is 3.38. The first-order valence-corrected chi connectivity index (χ1v) is 4.96. The quantitative estimate of drug-likeness (QED) is 0.634. The molecule has 0 aromatic heterocycles. The molecular weight excluding hydrogens is 234 g/mol. The molecule has 17 heavy (non-hydrogen) atoms. The Morgan fingerprint density at radius 3 is 2.35 bits per heavy atom. The van der Waals surface area contributed by atoms with Gasteiger partial charge in [-0.15, -0.1) is 0 Å². The summed E-state index contributed by atoms with van der Waals surface area (Å²) in [6.45, 7) is 5.19. The Labute approximate surface area is 97.1 Å². The van der Waals surface area contributed by atoms with Gasteiger partial charge in [0.15, 0.2) is 0 Å². The van der Waals surface area contributed by atoms with Crippen molar-refractivity contribution in [3.8, 4) is 0 Å². The molecule has 1 unspecified atom stereocenters. The zero-order chi connectivity index (χ0) is 13.2. The molecule has 0 aliphatic heterocycles. The van der Waals surface area contributed by atoms with E-state index in [4.69, 9.17) is 0 Å². The summed E-state index contributed by atoms with van der Waals surface area (Å²) in [5.74, 6) is -0.700. The van der Waals surface area contributed by atoms with Gasteiger partial charge in [-0.25, -0.2) is 4.39 Å². The van der Waals surface area contributed by atoms with E-state index in [1.54, 1.807) is 6.92 Å². The van der Waals surface area contributed by atoms with Crippen LogP contribution in [0.2, 0.25) is 0 Å². The number of alkyl halides is 3. The average Bonchev–Trinajstić information content (AvgIpc) is 2.16. The normalized spacial score (nSPS) is 13.5. The maximum Gasteiger partial charge on any atom is 0.416 e. The van der Waals surface area contributed by atoms with Gasteiger partial charge in [0.1, 0.15) is 5.82 Å². The number of benzene rings is 1. The van der Waals surface area contributed by atoms with Crippen molar-refractivity contribution in [2.24, 2.45) is 0 Å². The van der Waals surface area contributed by atoms with E-state index in [9.17, 15) is 17.6 Å². The molecule has 1 nitrogen and oxygen atoms in total. The lowest BCUT2D eigenvalue weighted by atomic mass is 9.95. The molecule has 1 aromatic rings. The zero-order valence-corrected chi connectivity index (χ0v) is 9.53. The fourth-order valence-electron chi connectivity index (χ4n) is 1.70. The molecule has 1 atom stereocenters. The van der Waals surface area contributed by atoms with Crippen molar-refractivity contribution >= 4 is 0 Å². The van der Waals surface area contributed by atoms with Gasteiger partial charge >= 0.3 is 6.18 Å². The molecule has 0 radical (unpaired) electrons. The molecule has 0 bridgehead atoms. The van der Waals surface area contributed by atoms with Crippen molar-refractivity contribution in [1.82, 2.24) is 5.32 Å². The Morgan fingerprint density at radius 1 is 1.35 bits per heavy atom. The lowest BCUT2D eigenvalue weighted by molar-refractivity contribution is -0.138. The van der Waals surface area contributed by atoms with Gasteiger partial charge < -0.3 is 5.32 Å². The molecule has 0 saturated carbocycles. The molecule has 0 heterocycles. The van der Waals surface area contributed by atoms with Crippen LogP contribution in [0, 0.1) is 5.82 Å². The summed E-state index contributed by atoms with van der Waals surface area (Å²) in [5.41, 5.74) is -0.502. The van der Waals surface area contributed by atoms with E-state index in [0.29, 0.717) is 5.57 Å². The van der Waals surface area contributed by atoms with Crippen LogP contribution in [0.4, 0.5) is 17.6 Å². The molecule has 0 amide bonds. The van der Waals surface area contributed by atoms with Crippen LogP contribution < -0.4 is 5.32 Å². The first-order valence-electron chi connectivity index (χ1n) is 4.96. The molecule has 0 aliphatic rings. The van der Waals surface area contributed by atoms with Crippen molar-refractivity contribution in [1.29, 1.82) is 0 Å². The highest BCUT2D eigenvalue weighted by atomic mass is 19.4. The van der Waals surface area contributed by atoms with Crippen LogP contribution in [-0.2, 0) is 6.18 Å². The van der Waals surface area contributed by atoms with E-state index >= 15 is 0 Å². The van der Waals surface area contributed by atoms with Crippen LogP contribution in [0.25, 0.3) is 0 Å². The van der Waals surface area contributed by atoms with Crippen LogP contribution in [0.5, 0.6) is 0 Å². The monoisotopic (exact) mass is 247 g/mol. The van der Waals surface area contributed by atoms with Crippen molar-refractivity contribution in [3.63, 3.8) is 0 Å². The van der Waals surface area contributed by atoms with Gasteiger partial charge in [0.05, 0.1) is 11.6 Å². The second-order valence-electron chi connectivity index (χ2n) is 3.80. The Morgan fingerprint density at radius 2 is 1.94 bits per heavy atom. The number of rotatable bonds is 3. The molecular formula is C12H13F4N. The second kappa shape index (κ2) is 4.87. The fourth-order valence-corrected chi connectivity index (χ4v) is 1.70. The molecule has 0 fully saturated rings. The Hall–Kier alpha value is -1.36. The molecule has 5 heteroatoms. The van der Waals surface area contributed by atoms with E-state index in [1.165, 1.54) is 7.05 Å². The van der Waals surface area contributed by atoms with Crippen LogP contribution in [0.1, 0.15) is 24.1 Å². The first-order chi connectivity index (χ1) is 7.77. The van der Waals surface area contributed by atoms with Crippen LogP contribution in [0.3, 0.4) is 0 Å². The highest BCUT2D eigenvalue weighted by molar-refractivity contribution is 5.36. The maximum atomic E-state index is 13.1. The fraction of sp³-hybridized carbons (Fsp3) is 0.333. The summed E-state index contributed by atoms with van der Waals surface area (Å²) in [6, 6.07) is 1.72. The topological polar surface area (TPSA) is 12.0 Å². The predicted octanol–water partition coefficient (Wildman–Crippen LogP) is 3.68. The van der Waals surface area contributed by atoms with E-state index in [1.807, 2.05) is 0 Å². The lowest BCUT2D eigenvalue weighted by Gasteiger charge is -2.21. The molecule has 0 aliphatic carbocycles. The minimum Gasteiger partial charge on any atom is -0.310 e. The SMILES string of the molecule is C=C(C)C(NC)c1cc(F)ccc1C(F)(F)F. The lowest BCUT2D eigenvalue weighted by Crippen LogP contribution is -2.21. The third kappa shape index (κ3) is 3.06. The van der Waals surface area contributed by atoms with E-state index < -0.39 is 23.6 Å². The Bertz CT molecular complexity index is 423. The summed E-state index contributed by atoms with van der Waals surface area (Å²) < 4.78 is 51.4. The van der Waals surface area contributed by atoms with Gasteiger partial charge in [-0.2, -0.15) is 13.2 Å². The number of nitrogens with one attached hydrogen (secondary N) is 1. The van der Waals surface area contributed by atoms with Gasteiger partial charge in [-0.05, 0) is 37.7 Å². The maximum absolute atomic E-state index is 13.1. The summed E-state index contributed by atoms with van der Waals surface area (Å²) >= 11 is 0. The standard InChI is InChI=1S/C12H13F4N/c1-7(2)11(17-3)9-6-8(13)4-5-10(9)12(14,15)16/h4-6,11,17H,1H2,2-3H3. The second-order valence-corrected chi connectivity index (χ2v) is 3.80. The summed E-state index contributed by atoms with van der Waals surface area (Å²) in [6.07, 6.45) is -4.51. The zero-order valence-electron chi connectivity index (χ0n) is 9.53. The molecule has 1 rings (SSSR count). The van der Waals surface area contributed by atoms with Gasteiger partial charge in [0.2, 0.25) is 0 Å². The van der Waals surface area contributed by atoms with Gasteiger partial charge in [-0.1, -0.05) is 12.2 Å². The first kappa shape index (κ1) is 13.7. The number of halogens is 4. The van der Waals surface area contributed by atoms with E-state index in [0.717, 1.165) is 18.2 Å². The van der Waals surface area contributed by atoms with Crippen LogP contribution in [-0.4, -0.2) is 7.05 Å². The third-order valence-corrected chi connectivity index (χ3v) is 2.41. The van der Waals surface area contributed by atoms with Gasteiger partial charge in [0, 0.05) is 0 Å². The number of hydrogen-bond donors (Lipinski definition) is 1. The number of hydrogen-bond acceptors (Lipinski definition) is 1. The van der Waals surface area contributed by atoms with Crippen molar-refractivity contribution < 1.29 is 17.6 Å². The molecule has 94 valence electrons. The third-order valence-electron chi connectivity index (χ3n) is 2.41. The largest absolute Gasteiger partial charge is 0.416 e. The summed E-state index contributed by atoms with van der Waals surface area (Å²) in [7, 11) is 1.50. The van der Waals surface area contributed by atoms with Crippen LogP contribution in [0.15, 0.2) is 30.4 Å². The molecule has 1 aromatic carbocycles. The van der Waals surface area contributed by atoms with Gasteiger partial charge in [0.25, 0.3) is 0 Å². The highest BCUT2D eigenvalue weighted by Crippen LogP contribution is 2.36. The average molecular weight is 247 g/mol. The number of likely N-dealkylation sites (N-methyl/N-ethyl adjacent to an activating group) is 1. The van der Waals surface area contributed by atoms with Crippen molar-refractivity contribution in [2.45, 2.75) is 19.1 Å². The molecule has 0 spiro atoms. The van der Waals surface area contributed by atoms with E-state index in [2.05, 4.69) is 11.9 Å². The molecule has 1 N–H and O–H groups in total. The predicted molar refractivity (Wildman–Crippen MR) is 58.0 cm³/mol. The molecule has 0 saturated heterocycles. The van der Waals surface area contributed by atoms with Gasteiger partial charge in [-0.3, -0.25) is 0 Å². The van der Waals surface area contributed by atoms with Crippen molar-refractivity contribution in [3.05, 3.63) is 47.3 Å². The Kier molecular flexibility index (Phi) is 3.93. The highest BCUT2D eigenvalue weighted by Gasteiger charge is 2.35. The minimum absolute atomic E-state index is 0.146. The summed E-state index contributed by atoms with van der Waals surface area (Å²) in [5, 5.41) is 2.69. The van der Waals surface area contributed by atoms with Crippen molar-refractivity contribution in [2.75, 3.05) is 7.05 Å². The van der Waals surface area contributed by atoms with E-state index in [-0.39, 0.29) is 5.56 Å². The summed E-state index contributed by atoms with van der Waals surface area (Å²) in [4.78, 5) is 0. The smallest absolute Gasteiger partial charge is 0.310 e.